The van der Waals surface area contributed by atoms with Gasteiger partial charge in [0.05, 0.1) is 10.4 Å². The van der Waals surface area contributed by atoms with Crippen LogP contribution in [-0.4, -0.2) is 21.4 Å². The van der Waals surface area contributed by atoms with Crippen LogP contribution in [0.3, 0.4) is 0 Å². The first-order valence-corrected chi connectivity index (χ1v) is 6.49. The van der Waals surface area contributed by atoms with Gasteiger partial charge in [0.15, 0.2) is 5.58 Å². The maximum absolute atomic E-state index is 11.8. The lowest BCUT2D eigenvalue weighted by Crippen LogP contribution is -2.36. The summed E-state index contributed by atoms with van der Waals surface area (Å²) in [6, 6.07) is 3.80. The summed E-state index contributed by atoms with van der Waals surface area (Å²) >= 11 is 0. The van der Waals surface area contributed by atoms with E-state index in [9.17, 15) is 19.7 Å². The van der Waals surface area contributed by atoms with Gasteiger partial charge in [-0.25, -0.2) is 4.79 Å². The molecule has 0 radical (unpaired) electrons. The topological polar surface area (TPSA) is 107 Å². The number of hydrogen-bond donors (Lipinski definition) is 1. The molecule has 1 unspecified atom stereocenters. The van der Waals surface area contributed by atoms with Crippen LogP contribution in [0.5, 0.6) is 0 Å². The predicted molar refractivity (Wildman–Crippen MR) is 75.0 cm³/mol. The van der Waals surface area contributed by atoms with Gasteiger partial charge in [-0.05, 0) is 19.4 Å². The summed E-state index contributed by atoms with van der Waals surface area (Å²) < 4.78 is 6.05. The lowest BCUT2D eigenvalue weighted by Gasteiger charge is -2.11. The lowest BCUT2D eigenvalue weighted by molar-refractivity contribution is -0.384. The van der Waals surface area contributed by atoms with Crippen LogP contribution in [0.15, 0.2) is 27.4 Å². The van der Waals surface area contributed by atoms with Gasteiger partial charge in [-0.1, -0.05) is 6.92 Å². The van der Waals surface area contributed by atoms with Crippen molar-refractivity contribution in [1.29, 1.82) is 0 Å². The number of aromatic nitrogens is 1. The molecular weight excluding hydrogens is 278 g/mol. The first-order valence-electron chi connectivity index (χ1n) is 6.49. The van der Waals surface area contributed by atoms with Crippen molar-refractivity contribution in [2.45, 2.75) is 32.9 Å². The van der Waals surface area contributed by atoms with Crippen molar-refractivity contribution >= 4 is 22.7 Å². The Morgan fingerprint density at radius 2 is 2.24 bits per heavy atom. The third kappa shape index (κ3) is 3.10. The van der Waals surface area contributed by atoms with Crippen molar-refractivity contribution in [1.82, 2.24) is 9.88 Å². The molecule has 1 amide bonds. The van der Waals surface area contributed by atoms with Crippen LogP contribution in [0.4, 0.5) is 5.69 Å². The number of oxazole rings is 1. The minimum atomic E-state index is -0.718. The second kappa shape index (κ2) is 5.78. The van der Waals surface area contributed by atoms with E-state index in [2.05, 4.69) is 5.32 Å². The SMILES string of the molecule is CCC(C)NC(=O)Cn1c(=O)oc2ccc([N+](=O)[O-])cc21. The Bertz CT molecular complexity index is 746. The summed E-state index contributed by atoms with van der Waals surface area (Å²) in [6.45, 7) is 3.53. The predicted octanol–water partition coefficient (Wildman–Crippen LogP) is 1.42. The molecule has 1 aromatic carbocycles. The van der Waals surface area contributed by atoms with Gasteiger partial charge in [-0.3, -0.25) is 19.5 Å². The molecule has 21 heavy (non-hydrogen) atoms. The highest BCUT2D eigenvalue weighted by molar-refractivity contribution is 5.80. The Morgan fingerprint density at radius 1 is 1.52 bits per heavy atom. The molecule has 8 nitrogen and oxygen atoms in total. The van der Waals surface area contributed by atoms with Crippen molar-refractivity contribution in [2.24, 2.45) is 0 Å². The molecule has 0 aliphatic carbocycles. The molecule has 0 spiro atoms. The van der Waals surface area contributed by atoms with E-state index in [0.717, 1.165) is 11.0 Å². The van der Waals surface area contributed by atoms with Crippen LogP contribution in [0.2, 0.25) is 0 Å². The quantitative estimate of drug-likeness (QED) is 0.662. The number of nitro groups is 1. The maximum atomic E-state index is 11.8. The van der Waals surface area contributed by atoms with E-state index in [1.807, 2.05) is 13.8 Å². The number of non-ortho nitro benzene ring substituents is 1. The summed E-state index contributed by atoms with van der Waals surface area (Å²) in [5.74, 6) is -1.06. The number of amides is 1. The zero-order valence-corrected chi connectivity index (χ0v) is 11.7. The molecule has 1 aromatic heterocycles. The average molecular weight is 293 g/mol. The third-order valence-electron chi connectivity index (χ3n) is 3.18. The van der Waals surface area contributed by atoms with Crippen molar-refractivity contribution in [3.8, 4) is 0 Å². The van der Waals surface area contributed by atoms with Gasteiger partial charge < -0.3 is 9.73 Å². The van der Waals surface area contributed by atoms with Gasteiger partial charge in [0.25, 0.3) is 5.69 Å². The normalized spacial score (nSPS) is 12.3. The monoisotopic (exact) mass is 293 g/mol. The molecule has 0 aliphatic heterocycles. The van der Waals surface area contributed by atoms with E-state index in [1.54, 1.807) is 0 Å². The molecule has 0 fully saturated rings. The average Bonchev–Trinajstić information content (AvgIpc) is 2.74. The molecule has 112 valence electrons. The number of carbonyl (C=O) groups excluding carboxylic acids is 1. The first-order chi connectivity index (χ1) is 9.92. The van der Waals surface area contributed by atoms with Crippen LogP contribution in [0, 0.1) is 10.1 Å². The largest absolute Gasteiger partial charge is 0.420 e. The number of nitro benzene ring substituents is 1. The Hall–Kier alpha value is -2.64. The molecule has 1 atom stereocenters. The third-order valence-corrected chi connectivity index (χ3v) is 3.18. The van der Waals surface area contributed by atoms with E-state index in [0.29, 0.717) is 0 Å². The van der Waals surface area contributed by atoms with Gasteiger partial charge in [-0.15, -0.1) is 0 Å². The highest BCUT2D eigenvalue weighted by Crippen LogP contribution is 2.19. The number of benzene rings is 1. The van der Waals surface area contributed by atoms with E-state index < -0.39 is 10.7 Å². The van der Waals surface area contributed by atoms with Crippen LogP contribution in [0.1, 0.15) is 20.3 Å². The molecule has 0 saturated carbocycles. The molecule has 0 aliphatic rings. The maximum Gasteiger partial charge on any atom is 0.420 e. The van der Waals surface area contributed by atoms with Crippen LogP contribution in [0.25, 0.3) is 11.1 Å². The fourth-order valence-corrected chi connectivity index (χ4v) is 1.88. The van der Waals surface area contributed by atoms with Gasteiger partial charge >= 0.3 is 5.76 Å². The number of carbonyl (C=O) groups is 1. The van der Waals surface area contributed by atoms with Gasteiger partial charge in [0, 0.05) is 18.2 Å². The molecule has 1 N–H and O–H groups in total. The van der Waals surface area contributed by atoms with E-state index >= 15 is 0 Å². The Morgan fingerprint density at radius 3 is 2.86 bits per heavy atom. The highest BCUT2D eigenvalue weighted by Gasteiger charge is 2.16. The van der Waals surface area contributed by atoms with Gasteiger partial charge in [-0.2, -0.15) is 0 Å². The minimum Gasteiger partial charge on any atom is -0.408 e. The van der Waals surface area contributed by atoms with E-state index in [1.165, 1.54) is 18.2 Å². The van der Waals surface area contributed by atoms with Crippen LogP contribution < -0.4 is 11.1 Å². The van der Waals surface area contributed by atoms with Crippen molar-refractivity contribution in [2.75, 3.05) is 0 Å². The molecule has 1 heterocycles. The highest BCUT2D eigenvalue weighted by atomic mass is 16.6. The lowest BCUT2D eigenvalue weighted by atomic mass is 10.2. The smallest absolute Gasteiger partial charge is 0.408 e. The number of nitrogens with zero attached hydrogens (tertiary/aromatic N) is 2. The minimum absolute atomic E-state index is 0.0132. The summed E-state index contributed by atoms with van der Waals surface area (Å²) in [5.41, 5.74) is 0.273. The molecule has 0 bridgehead atoms. The van der Waals surface area contributed by atoms with Crippen molar-refractivity contribution in [3.05, 3.63) is 38.9 Å². The molecule has 8 heteroatoms. The summed E-state index contributed by atoms with van der Waals surface area (Å²) in [5, 5.41) is 13.5. The van der Waals surface area contributed by atoms with Gasteiger partial charge in [0.1, 0.15) is 6.54 Å². The Labute approximate surface area is 119 Å². The number of nitrogens with one attached hydrogen (secondary N) is 1. The second-order valence-electron chi connectivity index (χ2n) is 4.74. The fraction of sp³-hybridized carbons (Fsp3) is 0.385. The Balaban J connectivity index is 2.36. The summed E-state index contributed by atoms with van der Waals surface area (Å²) in [4.78, 5) is 33.8. The summed E-state index contributed by atoms with van der Waals surface area (Å²) in [7, 11) is 0. The standard InChI is InChI=1S/C13H15N3O5/c1-3-8(2)14-12(17)7-15-10-6-9(16(19)20)4-5-11(10)21-13(15)18/h4-6,8H,3,7H2,1-2H3,(H,14,17). The van der Waals surface area contributed by atoms with Crippen molar-refractivity contribution in [3.63, 3.8) is 0 Å². The second-order valence-corrected chi connectivity index (χ2v) is 4.74. The number of fused-ring (bicyclic) bond motifs is 1. The number of rotatable bonds is 5. The first kappa shape index (κ1) is 14.8. The Kier molecular flexibility index (Phi) is 4.06. The zero-order chi connectivity index (χ0) is 15.6. The fourth-order valence-electron chi connectivity index (χ4n) is 1.88. The van der Waals surface area contributed by atoms with Crippen LogP contribution >= 0.6 is 0 Å². The van der Waals surface area contributed by atoms with E-state index in [4.69, 9.17) is 4.42 Å². The molecule has 0 saturated heterocycles. The van der Waals surface area contributed by atoms with Crippen molar-refractivity contribution < 1.29 is 14.1 Å². The van der Waals surface area contributed by atoms with E-state index in [-0.39, 0.29) is 35.3 Å². The summed E-state index contributed by atoms with van der Waals surface area (Å²) in [6.07, 6.45) is 0.762. The number of hydrogen-bond acceptors (Lipinski definition) is 5. The van der Waals surface area contributed by atoms with Gasteiger partial charge in [0.2, 0.25) is 5.91 Å². The zero-order valence-electron chi connectivity index (χ0n) is 11.7. The molecular formula is C13H15N3O5. The molecule has 2 rings (SSSR count). The van der Waals surface area contributed by atoms with Crippen LogP contribution in [-0.2, 0) is 11.3 Å². The molecule has 2 aromatic rings.